The Morgan fingerprint density at radius 1 is 1.75 bits per heavy atom. The second-order valence-electron chi connectivity index (χ2n) is 4.31. The molecule has 2 atom stereocenters. The van der Waals surface area contributed by atoms with E-state index in [2.05, 4.69) is 15.5 Å². The highest BCUT2D eigenvalue weighted by Gasteiger charge is 2.27. The first-order valence-corrected chi connectivity index (χ1v) is 5.55. The molecule has 0 aliphatic carbocycles. The maximum Gasteiger partial charge on any atom is 0.225 e. The number of carbonyl (C=O) groups excluding carboxylic acids is 1. The van der Waals surface area contributed by atoms with Gasteiger partial charge in [-0.3, -0.25) is 9.89 Å². The predicted octanol–water partition coefficient (Wildman–Crippen LogP) is 0.759. The van der Waals surface area contributed by atoms with Crippen LogP contribution in [0.5, 0.6) is 0 Å². The minimum absolute atomic E-state index is 0.00204. The summed E-state index contributed by atoms with van der Waals surface area (Å²) in [5, 5.41) is 9.66. The molecule has 0 aromatic carbocycles. The van der Waals surface area contributed by atoms with Gasteiger partial charge in [-0.15, -0.1) is 0 Å². The normalized spacial score (nSPS) is 24.6. The summed E-state index contributed by atoms with van der Waals surface area (Å²) in [4.78, 5) is 11.8. The Morgan fingerprint density at radius 3 is 3.12 bits per heavy atom. The van der Waals surface area contributed by atoms with Gasteiger partial charge in [0, 0.05) is 17.8 Å². The summed E-state index contributed by atoms with van der Waals surface area (Å²) in [6.45, 7) is 5.01. The minimum Gasteiger partial charge on any atom is -0.378 e. The van der Waals surface area contributed by atoms with Crippen molar-refractivity contribution < 1.29 is 9.53 Å². The van der Waals surface area contributed by atoms with E-state index in [0.717, 1.165) is 17.7 Å². The maximum absolute atomic E-state index is 11.8. The van der Waals surface area contributed by atoms with E-state index in [1.807, 2.05) is 13.8 Å². The highest BCUT2D eigenvalue weighted by Crippen LogP contribution is 2.19. The number of hydrogen-bond acceptors (Lipinski definition) is 3. The third-order valence-corrected chi connectivity index (χ3v) is 2.96. The van der Waals surface area contributed by atoms with Crippen LogP contribution < -0.4 is 5.32 Å². The molecule has 88 valence electrons. The largest absolute Gasteiger partial charge is 0.378 e. The van der Waals surface area contributed by atoms with Gasteiger partial charge in [-0.05, 0) is 20.3 Å². The van der Waals surface area contributed by atoms with E-state index in [-0.39, 0.29) is 17.9 Å². The summed E-state index contributed by atoms with van der Waals surface area (Å²) in [6.07, 6.45) is 2.76. The Morgan fingerprint density at radius 2 is 2.56 bits per heavy atom. The van der Waals surface area contributed by atoms with Crippen LogP contribution in [0, 0.1) is 12.8 Å². The number of H-pyrrole nitrogens is 1. The van der Waals surface area contributed by atoms with Crippen LogP contribution in [0.4, 0.5) is 0 Å². The lowest BCUT2D eigenvalue weighted by Crippen LogP contribution is -2.30. The highest BCUT2D eigenvalue weighted by molar-refractivity contribution is 5.79. The van der Waals surface area contributed by atoms with Crippen LogP contribution in [0.25, 0.3) is 0 Å². The van der Waals surface area contributed by atoms with Crippen LogP contribution in [0.3, 0.4) is 0 Å². The Bertz CT molecular complexity index is 375. The number of carbonyl (C=O) groups is 1. The molecule has 1 aromatic heterocycles. The van der Waals surface area contributed by atoms with E-state index in [9.17, 15) is 4.79 Å². The minimum atomic E-state index is 0.00204. The number of nitrogens with zero attached hydrogens (tertiary/aromatic N) is 1. The highest BCUT2D eigenvalue weighted by atomic mass is 16.5. The molecule has 1 aliphatic rings. The second-order valence-corrected chi connectivity index (χ2v) is 4.31. The summed E-state index contributed by atoms with van der Waals surface area (Å²) in [5.41, 5.74) is 2.02. The number of amides is 1. The van der Waals surface area contributed by atoms with Gasteiger partial charge < -0.3 is 10.1 Å². The molecule has 1 fully saturated rings. The summed E-state index contributed by atoms with van der Waals surface area (Å²) in [6, 6.07) is 0. The van der Waals surface area contributed by atoms with Crippen molar-refractivity contribution in [1.82, 2.24) is 15.5 Å². The van der Waals surface area contributed by atoms with E-state index in [4.69, 9.17) is 4.74 Å². The first kappa shape index (κ1) is 11.1. The molecule has 0 bridgehead atoms. The molecule has 1 aliphatic heterocycles. The molecule has 0 radical (unpaired) electrons. The van der Waals surface area contributed by atoms with Gasteiger partial charge in [0.25, 0.3) is 0 Å². The molecule has 16 heavy (non-hydrogen) atoms. The molecule has 1 amide bonds. The van der Waals surface area contributed by atoms with E-state index in [0.29, 0.717) is 13.2 Å². The molecule has 0 saturated carbocycles. The zero-order chi connectivity index (χ0) is 11.5. The number of aryl methyl sites for hydroxylation is 1. The first-order valence-electron chi connectivity index (χ1n) is 5.55. The van der Waals surface area contributed by atoms with Crippen LogP contribution >= 0.6 is 0 Å². The lowest BCUT2D eigenvalue weighted by atomic mass is 10.1. The molecule has 0 spiro atoms. The van der Waals surface area contributed by atoms with Crippen LogP contribution in [0.15, 0.2) is 6.20 Å². The van der Waals surface area contributed by atoms with Crippen molar-refractivity contribution in [1.29, 1.82) is 0 Å². The smallest absolute Gasteiger partial charge is 0.225 e. The molecule has 2 N–H and O–H groups in total. The average molecular weight is 223 g/mol. The molecular weight excluding hydrogens is 206 g/mol. The molecule has 2 rings (SSSR count). The van der Waals surface area contributed by atoms with Gasteiger partial charge in [0.15, 0.2) is 0 Å². The molecule has 2 unspecified atom stereocenters. The van der Waals surface area contributed by atoms with Crippen molar-refractivity contribution in [3.63, 3.8) is 0 Å². The monoisotopic (exact) mass is 223 g/mol. The molecule has 5 heteroatoms. The second kappa shape index (κ2) is 4.65. The van der Waals surface area contributed by atoms with Gasteiger partial charge in [-0.25, -0.2) is 0 Å². The fourth-order valence-electron chi connectivity index (χ4n) is 1.88. The number of aromatic nitrogens is 2. The number of ether oxygens (including phenoxy) is 1. The Hall–Kier alpha value is -1.36. The SMILES string of the molecule is Cc1[nH]ncc1CNC(=O)C1COC(C)C1. The van der Waals surface area contributed by atoms with Crippen molar-refractivity contribution in [2.24, 2.45) is 5.92 Å². The van der Waals surface area contributed by atoms with Crippen LogP contribution in [-0.2, 0) is 16.1 Å². The standard InChI is InChI=1S/C11H17N3O2/c1-7-3-9(6-16-7)11(15)12-4-10-5-13-14-8(10)2/h5,7,9H,3-4,6H2,1-2H3,(H,12,15)(H,13,14). The van der Waals surface area contributed by atoms with Crippen LogP contribution in [0.1, 0.15) is 24.6 Å². The van der Waals surface area contributed by atoms with Gasteiger partial charge in [0.1, 0.15) is 0 Å². The van der Waals surface area contributed by atoms with Gasteiger partial charge in [-0.1, -0.05) is 0 Å². The van der Waals surface area contributed by atoms with E-state index in [1.165, 1.54) is 0 Å². The van der Waals surface area contributed by atoms with Crippen molar-refractivity contribution >= 4 is 5.91 Å². The van der Waals surface area contributed by atoms with Crippen LogP contribution in [0.2, 0.25) is 0 Å². The molecular formula is C11H17N3O2. The molecule has 5 nitrogen and oxygen atoms in total. The molecule has 2 heterocycles. The summed E-state index contributed by atoms with van der Waals surface area (Å²) in [5.74, 6) is 0.0761. The van der Waals surface area contributed by atoms with Crippen molar-refractivity contribution in [2.45, 2.75) is 32.9 Å². The molecule has 1 saturated heterocycles. The number of rotatable bonds is 3. The molecule has 1 aromatic rings. The maximum atomic E-state index is 11.8. The Balaban J connectivity index is 1.82. The van der Waals surface area contributed by atoms with Gasteiger partial charge >= 0.3 is 0 Å². The lowest BCUT2D eigenvalue weighted by Gasteiger charge is -2.08. The van der Waals surface area contributed by atoms with Gasteiger partial charge in [0.2, 0.25) is 5.91 Å². The first-order chi connectivity index (χ1) is 7.66. The zero-order valence-corrected chi connectivity index (χ0v) is 9.62. The fraction of sp³-hybridized carbons (Fsp3) is 0.636. The fourth-order valence-corrected chi connectivity index (χ4v) is 1.88. The zero-order valence-electron chi connectivity index (χ0n) is 9.62. The third-order valence-electron chi connectivity index (χ3n) is 2.96. The average Bonchev–Trinajstić information content (AvgIpc) is 2.84. The topological polar surface area (TPSA) is 67.0 Å². The quantitative estimate of drug-likeness (QED) is 0.795. The summed E-state index contributed by atoms with van der Waals surface area (Å²) < 4.78 is 5.37. The van der Waals surface area contributed by atoms with E-state index in [1.54, 1.807) is 6.20 Å². The lowest BCUT2D eigenvalue weighted by molar-refractivity contribution is -0.125. The Kier molecular flexibility index (Phi) is 3.24. The Labute approximate surface area is 94.6 Å². The number of nitrogens with one attached hydrogen (secondary N) is 2. The summed E-state index contributed by atoms with van der Waals surface area (Å²) in [7, 11) is 0. The van der Waals surface area contributed by atoms with E-state index < -0.39 is 0 Å². The van der Waals surface area contributed by atoms with E-state index >= 15 is 0 Å². The van der Waals surface area contributed by atoms with Crippen molar-refractivity contribution in [2.75, 3.05) is 6.61 Å². The number of hydrogen-bond donors (Lipinski definition) is 2. The van der Waals surface area contributed by atoms with Crippen LogP contribution in [-0.4, -0.2) is 28.8 Å². The summed E-state index contributed by atoms with van der Waals surface area (Å²) >= 11 is 0. The number of aromatic amines is 1. The van der Waals surface area contributed by atoms with Crippen molar-refractivity contribution in [3.05, 3.63) is 17.5 Å². The predicted molar refractivity (Wildman–Crippen MR) is 58.7 cm³/mol. The van der Waals surface area contributed by atoms with Gasteiger partial charge in [0.05, 0.1) is 24.8 Å². The van der Waals surface area contributed by atoms with Crippen molar-refractivity contribution in [3.8, 4) is 0 Å². The third kappa shape index (κ3) is 2.41. The van der Waals surface area contributed by atoms with Gasteiger partial charge in [-0.2, -0.15) is 5.10 Å².